The molecule has 2 rings (SSSR count). The smallest absolute Gasteiger partial charge is 0.306 e. The summed E-state index contributed by atoms with van der Waals surface area (Å²) in [7, 11) is 0. The van der Waals surface area contributed by atoms with E-state index in [1.54, 1.807) is 0 Å². The maximum atomic E-state index is 12.1. The molecule has 0 bridgehead atoms. The summed E-state index contributed by atoms with van der Waals surface area (Å²) in [6, 6.07) is 0. The molecule has 2 aliphatic rings. The lowest BCUT2D eigenvalue weighted by atomic mass is 9.98. The molecule has 0 aliphatic heterocycles. The van der Waals surface area contributed by atoms with Crippen LogP contribution in [0.25, 0.3) is 0 Å². The van der Waals surface area contributed by atoms with Gasteiger partial charge in [-0.15, -0.1) is 0 Å². The zero-order valence-electron chi connectivity index (χ0n) is 23.1. The molecule has 0 saturated heterocycles. The van der Waals surface area contributed by atoms with Gasteiger partial charge in [-0.1, -0.05) is 64.2 Å². The number of Topliss-reactive ketones (excluding diaryl/α,β-unsaturated/α-hetero) is 1. The lowest BCUT2D eigenvalue weighted by Crippen LogP contribution is -2.20. The van der Waals surface area contributed by atoms with Gasteiger partial charge in [-0.2, -0.15) is 0 Å². The Balaban J connectivity index is 1.28. The van der Waals surface area contributed by atoms with Crippen LogP contribution in [0.15, 0.2) is 0 Å². The third kappa shape index (κ3) is 16.4. The third-order valence-corrected chi connectivity index (χ3v) is 7.87. The Morgan fingerprint density at radius 2 is 0.722 bits per heavy atom. The number of hydrogen-bond donors (Lipinski definition) is 0. The number of ether oxygens (including phenoxy) is 2. The van der Waals surface area contributed by atoms with Crippen molar-refractivity contribution in [2.75, 3.05) is 0 Å². The van der Waals surface area contributed by atoms with Crippen LogP contribution in [0.3, 0.4) is 0 Å². The van der Waals surface area contributed by atoms with E-state index in [1.807, 2.05) is 0 Å². The number of hydrogen-bond acceptors (Lipinski definition) is 5. The summed E-state index contributed by atoms with van der Waals surface area (Å²) < 4.78 is 11.1. The number of rotatable bonds is 20. The Labute approximate surface area is 220 Å². The molecule has 0 aromatic carbocycles. The number of carbonyl (C=O) groups is 3. The highest BCUT2D eigenvalue weighted by Crippen LogP contribution is 2.22. The minimum Gasteiger partial charge on any atom is -0.462 e. The zero-order valence-corrected chi connectivity index (χ0v) is 23.1. The molecule has 0 N–H and O–H groups in total. The SMILES string of the molecule is O=C(CCCCCCCCC(=O)OC1CCCCC1)CCCCCCCCC(=O)OC1CCCCC1. The van der Waals surface area contributed by atoms with Crippen molar-refractivity contribution in [1.82, 2.24) is 0 Å². The quantitative estimate of drug-likeness (QED) is 0.122. The van der Waals surface area contributed by atoms with Crippen molar-refractivity contribution in [1.29, 1.82) is 0 Å². The first kappa shape index (κ1) is 30.8. The van der Waals surface area contributed by atoms with Gasteiger partial charge in [0.2, 0.25) is 0 Å². The van der Waals surface area contributed by atoms with Crippen molar-refractivity contribution in [3.05, 3.63) is 0 Å². The highest BCUT2D eigenvalue weighted by Gasteiger charge is 2.18. The number of esters is 2. The molecule has 0 aromatic heterocycles. The fourth-order valence-electron chi connectivity index (χ4n) is 5.58. The Morgan fingerprint density at radius 1 is 0.417 bits per heavy atom. The van der Waals surface area contributed by atoms with Gasteiger partial charge in [-0.25, -0.2) is 0 Å². The minimum atomic E-state index is -0.0120. The van der Waals surface area contributed by atoms with Gasteiger partial charge in [0.25, 0.3) is 0 Å². The minimum absolute atomic E-state index is 0.0120. The van der Waals surface area contributed by atoms with Crippen molar-refractivity contribution < 1.29 is 23.9 Å². The molecule has 5 nitrogen and oxygen atoms in total. The second-order valence-corrected chi connectivity index (χ2v) is 11.3. The van der Waals surface area contributed by atoms with Crippen molar-refractivity contribution in [3.8, 4) is 0 Å². The molecule has 0 atom stereocenters. The Kier molecular flexibility index (Phi) is 17.7. The highest BCUT2D eigenvalue weighted by molar-refractivity contribution is 5.78. The molecule has 208 valence electrons. The topological polar surface area (TPSA) is 69.7 Å². The average molecular weight is 507 g/mol. The van der Waals surface area contributed by atoms with Crippen LogP contribution in [0.4, 0.5) is 0 Å². The normalized spacial score (nSPS) is 17.1. The molecular weight excluding hydrogens is 452 g/mol. The van der Waals surface area contributed by atoms with E-state index in [1.165, 1.54) is 38.5 Å². The summed E-state index contributed by atoms with van der Waals surface area (Å²) in [6.45, 7) is 0. The monoisotopic (exact) mass is 506 g/mol. The van der Waals surface area contributed by atoms with Crippen LogP contribution in [0.5, 0.6) is 0 Å². The Bertz CT molecular complexity index is 540. The van der Waals surface area contributed by atoms with Crippen LogP contribution in [-0.4, -0.2) is 29.9 Å². The molecule has 0 heterocycles. The van der Waals surface area contributed by atoms with E-state index < -0.39 is 0 Å². The molecule has 0 aromatic rings. The van der Waals surface area contributed by atoms with E-state index in [0.29, 0.717) is 18.6 Å². The molecule has 0 spiro atoms. The molecule has 5 heteroatoms. The molecule has 2 aliphatic carbocycles. The first-order valence-electron chi connectivity index (χ1n) is 15.5. The van der Waals surface area contributed by atoms with E-state index in [0.717, 1.165) is 116 Å². The van der Waals surface area contributed by atoms with Crippen LogP contribution in [0.2, 0.25) is 0 Å². The van der Waals surface area contributed by atoms with Crippen LogP contribution >= 0.6 is 0 Å². The van der Waals surface area contributed by atoms with Crippen LogP contribution < -0.4 is 0 Å². The zero-order chi connectivity index (χ0) is 25.7. The number of unbranched alkanes of at least 4 members (excludes halogenated alkanes) is 10. The third-order valence-electron chi connectivity index (χ3n) is 7.87. The van der Waals surface area contributed by atoms with Gasteiger partial charge in [0.1, 0.15) is 18.0 Å². The second kappa shape index (κ2) is 20.6. The van der Waals surface area contributed by atoms with Gasteiger partial charge in [-0.3, -0.25) is 14.4 Å². The predicted molar refractivity (Wildman–Crippen MR) is 145 cm³/mol. The van der Waals surface area contributed by atoms with E-state index in [-0.39, 0.29) is 24.1 Å². The van der Waals surface area contributed by atoms with Gasteiger partial charge < -0.3 is 9.47 Å². The summed E-state index contributed by atoms with van der Waals surface area (Å²) >= 11 is 0. The summed E-state index contributed by atoms with van der Waals surface area (Å²) in [5.41, 5.74) is 0. The summed E-state index contributed by atoms with van der Waals surface area (Å²) in [6.07, 6.45) is 27.3. The maximum Gasteiger partial charge on any atom is 0.306 e. The molecule has 0 amide bonds. The largest absolute Gasteiger partial charge is 0.462 e. The van der Waals surface area contributed by atoms with E-state index in [2.05, 4.69) is 0 Å². The summed E-state index contributed by atoms with van der Waals surface area (Å²) in [5.74, 6) is 0.384. The fourth-order valence-corrected chi connectivity index (χ4v) is 5.58. The lowest BCUT2D eigenvalue weighted by Gasteiger charge is -2.21. The summed E-state index contributed by atoms with van der Waals surface area (Å²) in [4.78, 5) is 35.9. The molecule has 0 unspecified atom stereocenters. The lowest BCUT2D eigenvalue weighted by molar-refractivity contribution is -0.151. The molecule has 0 radical (unpaired) electrons. The van der Waals surface area contributed by atoms with Gasteiger partial charge in [0, 0.05) is 25.7 Å². The van der Waals surface area contributed by atoms with Gasteiger partial charge in [-0.05, 0) is 77.0 Å². The molecule has 2 fully saturated rings. The molecular formula is C31H54O5. The first-order chi connectivity index (χ1) is 17.6. The number of carbonyl (C=O) groups excluding carboxylic acids is 3. The number of ketones is 1. The standard InChI is InChI=1S/C31H54O5/c32-27(19-11-5-1-3-7-17-25-30(33)35-28-21-13-9-14-22-28)20-12-6-2-4-8-18-26-31(34)36-29-23-15-10-16-24-29/h28-29H,1-26H2. The van der Waals surface area contributed by atoms with E-state index in [9.17, 15) is 14.4 Å². The van der Waals surface area contributed by atoms with Crippen LogP contribution in [-0.2, 0) is 23.9 Å². The summed E-state index contributed by atoms with van der Waals surface area (Å²) in [5, 5.41) is 0. The van der Waals surface area contributed by atoms with Crippen molar-refractivity contribution in [2.24, 2.45) is 0 Å². The highest BCUT2D eigenvalue weighted by atomic mass is 16.5. The average Bonchev–Trinajstić information content (AvgIpc) is 2.88. The Morgan fingerprint density at radius 3 is 1.08 bits per heavy atom. The van der Waals surface area contributed by atoms with E-state index in [4.69, 9.17) is 9.47 Å². The van der Waals surface area contributed by atoms with Crippen molar-refractivity contribution in [3.63, 3.8) is 0 Å². The Hall–Kier alpha value is -1.39. The molecule has 36 heavy (non-hydrogen) atoms. The van der Waals surface area contributed by atoms with Gasteiger partial charge in [0.05, 0.1) is 0 Å². The van der Waals surface area contributed by atoms with Gasteiger partial charge in [0.15, 0.2) is 0 Å². The van der Waals surface area contributed by atoms with Crippen molar-refractivity contribution in [2.45, 2.75) is 179 Å². The molecule has 2 saturated carbocycles. The van der Waals surface area contributed by atoms with Gasteiger partial charge >= 0.3 is 11.9 Å². The van der Waals surface area contributed by atoms with Crippen molar-refractivity contribution >= 4 is 17.7 Å². The second-order valence-electron chi connectivity index (χ2n) is 11.3. The maximum absolute atomic E-state index is 12.1. The first-order valence-corrected chi connectivity index (χ1v) is 15.5. The van der Waals surface area contributed by atoms with E-state index >= 15 is 0 Å². The van der Waals surface area contributed by atoms with Crippen LogP contribution in [0, 0.1) is 0 Å². The van der Waals surface area contributed by atoms with Crippen LogP contribution in [0.1, 0.15) is 167 Å². The fraction of sp³-hybridized carbons (Fsp3) is 0.903. The predicted octanol–water partition coefficient (Wildman–Crippen LogP) is 8.55.